The maximum absolute atomic E-state index is 11.6. The molecule has 0 bridgehead atoms. The number of benzene rings is 1. The van der Waals surface area contributed by atoms with Gasteiger partial charge in [0.25, 0.3) is 5.91 Å². The molecule has 2 aromatic rings. The Hall–Kier alpha value is -2.43. The van der Waals surface area contributed by atoms with Crippen molar-refractivity contribution in [1.29, 1.82) is 0 Å². The van der Waals surface area contributed by atoms with Gasteiger partial charge in [-0.15, -0.1) is 0 Å². The number of nitrogens with two attached hydrogens (primary N) is 1. The summed E-state index contributed by atoms with van der Waals surface area (Å²) in [6.07, 6.45) is 1.42. The predicted molar refractivity (Wildman–Crippen MR) is 62.4 cm³/mol. The standard InChI is InChI=1S/C12H12N2O3/c13-9-3-4-10(15)8(6-9)7-14-12(16)11-2-1-5-17-11/h1-6,15H,7,13H2,(H,14,16). The molecule has 0 radical (unpaired) electrons. The second-order valence-corrected chi connectivity index (χ2v) is 3.55. The van der Waals surface area contributed by atoms with E-state index in [4.69, 9.17) is 10.2 Å². The van der Waals surface area contributed by atoms with Crippen LogP contribution >= 0.6 is 0 Å². The van der Waals surface area contributed by atoms with Crippen molar-refractivity contribution in [1.82, 2.24) is 5.32 Å². The molecule has 0 aliphatic rings. The highest BCUT2D eigenvalue weighted by Gasteiger charge is 2.09. The lowest BCUT2D eigenvalue weighted by Crippen LogP contribution is -2.22. The third-order valence-corrected chi connectivity index (χ3v) is 2.29. The summed E-state index contributed by atoms with van der Waals surface area (Å²) in [6, 6.07) is 7.89. The maximum Gasteiger partial charge on any atom is 0.287 e. The average Bonchev–Trinajstić information content (AvgIpc) is 2.83. The number of amides is 1. The van der Waals surface area contributed by atoms with Crippen molar-refractivity contribution in [2.45, 2.75) is 6.54 Å². The minimum absolute atomic E-state index is 0.0962. The summed E-state index contributed by atoms with van der Waals surface area (Å²) in [7, 11) is 0. The average molecular weight is 232 g/mol. The number of carbonyl (C=O) groups excluding carboxylic acids is 1. The van der Waals surface area contributed by atoms with Crippen molar-refractivity contribution in [2.24, 2.45) is 0 Å². The predicted octanol–water partition coefficient (Wildman–Crippen LogP) is 1.50. The quantitative estimate of drug-likeness (QED) is 0.552. The molecule has 1 aromatic heterocycles. The fourth-order valence-corrected chi connectivity index (χ4v) is 1.42. The monoisotopic (exact) mass is 232 g/mol. The first-order chi connectivity index (χ1) is 8.16. The van der Waals surface area contributed by atoms with Gasteiger partial charge in [0, 0.05) is 17.8 Å². The molecule has 17 heavy (non-hydrogen) atoms. The summed E-state index contributed by atoms with van der Waals surface area (Å²) in [5, 5.41) is 12.2. The van der Waals surface area contributed by atoms with Crippen LogP contribution in [-0.4, -0.2) is 11.0 Å². The van der Waals surface area contributed by atoms with Crippen molar-refractivity contribution >= 4 is 11.6 Å². The molecule has 0 fully saturated rings. The molecular weight excluding hydrogens is 220 g/mol. The molecule has 1 heterocycles. The van der Waals surface area contributed by atoms with E-state index in [0.29, 0.717) is 11.3 Å². The maximum atomic E-state index is 11.6. The summed E-state index contributed by atoms with van der Waals surface area (Å²) in [5.41, 5.74) is 6.68. The van der Waals surface area contributed by atoms with E-state index in [1.54, 1.807) is 24.3 Å². The Morgan fingerprint density at radius 2 is 2.24 bits per heavy atom. The van der Waals surface area contributed by atoms with E-state index in [-0.39, 0.29) is 24.0 Å². The number of hydrogen-bond acceptors (Lipinski definition) is 4. The van der Waals surface area contributed by atoms with E-state index in [1.807, 2.05) is 0 Å². The summed E-state index contributed by atoms with van der Waals surface area (Å²) >= 11 is 0. The molecule has 0 atom stereocenters. The van der Waals surface area contributed by atoms with Crippen LogP contribution in [-0.2, 0) is 6.54 Å². The van der Waals surface area contributed by atoms with Crippen LogP contribution in [0.2, 0.25) is 0 Å². The van der Waals surface area contributed by atoms with Gasteiger partial charge in [-0.25, -0.2) is 0 Å². The van der Waals surface area contributed by atoms with Crippen LogP contribution in [0.5, 0.6) is 5.75 Å². The Morgan fingerprint density at radius 1 is 1.41 bits per heavy atom. The number of furan rings is 1. The highest BCUT2D eigenvalue weighted by Crippen LogP contribution is 2.19. The van der Waals surface area contributed by atoms with Crippen molar-refractivity contribution < 1.29 is 14.3 Å². The molecule has 2 rings (SSSR count). The second-order valence-electron chi connectivity index (χ2n) is 3.55. The van der Waals surface area contributed by atoms with Gasteiger partial charge in [-0.3, -0.25) is 4.79 Å². The Kier molecular flexibility index (Phi) is 3.00. The SMILES string of the molecule is Nc1ccc(O)c(CNC(=O)c2ccco2)c1. The summed E-state index contributed by atoms with van der Waals surface area (Å²) in [4.78, 5) is 11.6. The second kappa shape index (κ2) is 4.61. The van der Waals surface area contributed by atoms with Gasteiger partial charge in [-0.05, 0) is 30.3 Å². The molecule has 1 aromatic carbocycles. The Balaban J connectivity index is 2.03. The normalized spacial score (nSPS) is 10.1. The van der Waals surface area contributed by atoms with Crippen LogP contribution < -0.4 is 11.1 Å². The van der Waals surface area contributed by atoms with Crippen LogP contribution in [0.15, 0.2) is 41.0 Å². The van der Waals surface area contributed by atoms with Crippen molar-refractivity contribution in [3.63, 3.8) is 0 Å². The molecular formula is C12H12N2O3. The zero-order chi connectivity index (χ0) is 12.3. The highest BCUT2D eigenvalue weighted by atomic mass is 16.3. The first-order valence-corrected chi connectivity index (χ1v) is 5.06. The van der Waals surface area contributed by atoms with Gasteiger partial charge in [0.15, 0.2) is 5.76 Å². The Bertz CT molecular complexity index is 521. The van der Waals surface area contributed by atoms with Gasteiger partial charge in [0.2, 0.25) is 0 Å². The van der Waals surface area contributed by atoms with E-state index in [0.717, 1.165) is 0 Å². The molecule has 0 saturated heterocycles. The molecule has 0 saturated carbocycles. The third kappa shape index (κ3) is 2.57. The molecule has 5 heteroatoms. The first kappa shape index (κ1) is 11.1. The van der Waals surface area contributed by atoms with Crippen LogP contribution in [0.4, 0.5) is 5.69 Å². The topological polar surface area (TPSA) is 88.5 Å². The summed E-state index contributed by atoms with van der Waals surface area (Å²) in [6.45, 7) is 0.191. The first-order valence-electron chi connectivity index (χ1n) is 5.06. The fraction of sp³-hybridized carbons (Fsp3) is 0.0833. The Labute approximate surface area is 97.9 Å². The number of phenols is 1. The largest absolute Gasteiger partial charge is 0.508 e. The molecule has 1 amide bonds. The number of aromatic hydroxyl groups is 1. The van der Waals surface area contributed by atoms with Crippen molar-refractivity contribution in [2.75, 3.05) is 5.73 Å². The zero-order valence-electron chi connectivity index (χ0n) is 9.01. The summed E-state index contributed by atoms with van der Waals surface area (Å²) < 4.78 is 4.94. The fourth-order valence-electron chi connectivity index (χ4n) is 1.42. The van der Waals surface area contributed by atoms with E-state index < -0.39 is 0 Å². The molecule has 88 valence electrons. The van der Waals surface area contributed by atoms with E-state index >= 15 is 0 Å². The lowest BCUT2D eigenvalue weighted by molar-refractivity contribution is 0.0923. The lowest BCUT2D eigenvalue weighted by Gasteiger charge is -2.06. The van der Waals surface area contributed by atoms with Crippen LogP contribution in [0.1, 0.15) is 16.1 Å². The number of carbonyl (C=O) groups is 1. The van der Waals surface area contributed by atoms with Gasteiger partial charge in [0.1, 0.15) is 5.75 Å². The highest BCUT2D eigenvalue weighted by molar-refractivity contribution is 5.91. The van der Waals surface area contributed by atoms with Crippen molar-refractivity contribution in [3.8, 4) is 5.75 Å². The van der Waals surface area contributed by atoms with Crippen LogP contribution in [0, 0.1) is 0 Å². The zero-order valence-corrected chi connectivity index (χ0v) is 9.01. The smallest absolute Gasteiger partial charge is 0.287 e. The number of nitrogen functional groups attached to an aromatic ring is 1. The molecule has 0 unspecified atom stereocenters. The molecule has 0 spiro atoms. The lowest BCUT2D eigenvalue weighted by atomic mass is 10.2. The molecule has 5 nitrogen and oxygen atoms in total. The van der Waals surface area contributed by atoms with Gasteiger partial charge in [0.05, 0.1) is 6.26 Å². The number of phenolic OH excluding ortho intramolecular Hbond substituents is 1. The third-order valence-electron chi connectivity index (χ3n) is 2.29. The minimum Gasteiger partial charge on any atom is -0.508 e. The molecule has 0 aliphatic carbocycles. The van der Waals surface area contributed by atoms with Gasteiger partial charge in [-0.2, -0.15) is 0 Å². The minimum atomic E-state index is -0.336. The Morgan fingerprint density at radius 3 is 2.94 bits per heavy atom. The van der Waals surface area contributed by atoms with Gasteiger partial charge in [-0.1, -0.05) is 0 Å². The van der Waals surface area contributed by atoms with E-state index in [1.165, 1.54) is 12.3 Å². The van der Waals surface area contributed by atoms with E-state index in [9.17, 15) is 9.90 Å². The van der Waals surface area contributed by atoms with E-state index in [2.05, 4.69) is 5.32 Å². The molecule has 4 N–H and O–H groups in total. The number of hydrogen-bond donors (Lipinski definition) is 3. The van der Waals surface area contributed by atoms with Crippen molar-refractivity contribution in [3.05, 3.63) is 47.9 Å². The number of anilines is 1. The van der Waals surface area contributed by atoms with Gasteiger partial charge >= 0.3 is 0 Å². The van der Waals surface area contributed by atoms with Crippen LogP contribution in [0.25, 0.3) is 0 Å². The van der Waals surface area contributed by atoms with Gasteiger partial charge < -0.3 is 20.6 Å². The number of nitrogens with one attached hydrogen (secondary N) is 1. The van der Waals surface area contributed by atoms with Crippen LogP contribution in [0.3, 0.4) is 0 Å². The molecule has 0 aliphatic heterocycles. The number of rotatable bonds is 3. The summed E-state index contributed by atoms with van der Waals surface area (Å²) in [5.74, 6) is -0.0100.